The van der Waals surface area contributed by atoms with E-state index in [1.165, 1.54) is 0 Å². The summed E-state index contributed by atoms with van der Waals surface area (Å²) in [6.07, 6.45) is 0.209. The Labute approximate surface area is 139 Å². The maximum atomic E-state index is 12.5. The van der Waals surface area contributed by atoms with E-state index in [-0.39, 0.29) is 28.8 Å². The first-order valence-corrected chi connectivity index (χ1v) is 9.42. The van der Waals surface area contributed by atoms with Crippen molar-refractivity contribution in [3.63, 3.8) is 0 Å². The third-order valence-corrected chi connectivity index (χ3v) is 5.65. The fourth-order valence-electron chi connectivity index (χ4n) is 2.75. The number of hydrogen-bond donors (Lipinski definition) is 1. The smallest absolute Gasteiger partial charge is 0.240 e. The Kier molecular flexibility index (Phi) is 4.87. The number of nitrogens with one attached hydrogen (secondary N) is 1. The number of carbonyl (C=O) groups excluding carboxylic acids is 1. The van der Waals surface area contributed by atoms with Gasteiger partial charge >= 0.3 is 0 Å². The average Bonchev–Trinajstić information content (AvgIpc) is 2.79. The largest absolute Gasteiger partial charge is 0.336 e. The molecule has 0 aromatic heterocycles. The van der Waals surface area contributed by atoms with E-state index < -0.39 is 10.0 Å². The highest BCUT2D eigenvalue weighted by Crippen LogP contribution is 2.23. The van der Waals surface area contributed by atoms with Crippen molar-refractivity contribution in [3.05, 3.63) is 29.8 Å². The molecule has 0 aliphatic carbocycles. The average molecular weight is 338 g/mol. The van der Waals surface area contributed by atoms with Gasteiger partial charge in [-0.1, -0.05) is 26.0 Å². The Hall–Kier alpha value is -1.40. The van der Waals surface area contributed by atoms with Crippen LogP contribution in [0.1, 0.15) is 52.5 Å². The summed E-state index contributed by atoms with van der Waals surface area (Å²) in [4.78, 5) is 14.0. The molecule has 1 aliphatic rings. The van der Waals surface area contributed by atoms with E-state index in [0.29, 0.717) is 12.5 Å². The van der Waals surface area contributed by atoms with Gasteiger partial charge in [0.25, 0.3) is 0 Å². The van der Waals surface area contributed by atoms with E-state index in [9.17, 15) is 13.2 Å². The first-order valence-electron chi connectivity index (χ1n) is 7.93. The fourth-order valence-corrected chi connectivity index (χ4v) is 3.98. The molecule has 0 spiro atoms. The Bertz CT molecular complexity index is 673. The summed E-state index contributed by atoms with van der Waals surface area (Å²) in [6, 6.07) is 6.53. The lowest BCUT2D eigenvalue weighted by Gasteiger charge is -2.32. The van der Waals surface area contributed by atoms with Crippen LogP contribution < -0.4 is 4.72 Å². The Morgan fingerprint density at radius 3 is 2.17 bits per heavy atom. The zero-order valence-electron chi connectivity index (χ0n) is 14.5. The van der Waals surface area contributed by atoms with Crippen LogP contribution in [0.25, 0.3) is 0 Å². The third-order valence-electron chi connectivity index (χ3n) is 4.11. The van der Waals surface area contributed by atoms with E-state index in [1.54, 1.807) is 17.0 Å². The van der Waals surface area contributed by atoms with Gasteiger partial charge in [-0.25, -0.2) is 13.1 Å². The summed E-state index contributed by atoms with van der Waals surface area (Å²) in [5, 5.41) is 0. The molecule has 1 heterocycles. The van der Waals surface area contributed by atoms with Crippen molar-refractivity contribution in [3.8, 4) is 0 Å². The molecule has 23 heavy (non-hydrogen) atoms. The van der Waals surface area contributed by atoms with Crippen LogP contribution in [0.3, 0.4) is 0 Å². The number of sulfonamides is 1. The fraction of sp³-hybridized carbons (Fsp3) is 0.588. The van der Waals surface area contributed by atoms with Crippen molar-refractivity contribution < 1.29 is 13.2 Å². The molecule has 2 rings (SSSR count). The number of rotatable bonds is 4. The van der Waals surface area contributed by atoms with Gasteiger partial charge in [0.05, 0.1) is 4.90 Å². The van der Waals surface area contributed by atoms with Gasteiger partial charge in [-0.2, -0.15) is 0 Å². The number of hydrogen-bond acceptors (Lipinski definition) is 3. The van der Waals surface area contributed by atoms with Gasteiger partial charge in [0.2, 0.25) is 15.9 Å². The van der Waals surface area contributed by atoms with Gasteiger partial charge in [0.1, 0.15) is 0 Å². The highest BCUT2D eigenvalue weighted by atomic mass is 32.2. The van der Waals surface area contributed by atoms with Crippen molar-refractivity contribution in [2.45, 2.75) is 63.4 Å². The van der Waals surface area contributed by atoms with E-state index in [0.717, 1.165) is 5.56 Å². The molecule has 1 atom stereocenters. The van der Waals surface area contributed by atoms with Crippen molar-refractivity contribution in [2.75, 3.05) is 6.54 Å². The summed E-state index contributed by atoms with van der Waals surface area (Å²) in [7, 11) is -3.61. The second kappa shape index (κ2) is 6.24. The number of nitrogens with zero attached hydrogens (tertiary/aromatic N) is 1. The van der Waals surface area contributed by atoms with Crippen LogP contribution in [0.5, 0.6) is 0 Å². The summed E-state index contributed by atoms with van der Waals surface area (Å²) in [5.74, 6) is 0.341. The highest BCUT2D eigenvalue weighted by molar-refractivity contribution is 7.89. The predicted octanol–water partition coefficient (Wildman–Crippen LogP) is 2.49. The molecular weight excluding hydrogens is 312 g/mol. The van der Waals surface area contributed by atoms with E-state index in [4.69, 9.17) is 0 Å². The minimum atomic E-state index is -3.61. The summed E-state index contributed by atoms with van der Waals surface area (Å²) in [6.45, 7) is 10.4. The molecule has 1 amide bonds. The molecule has 6 heteroatoms. The summed E-state index contributed by atoms with van der Waals surface area (Å²) >= 11 is 0. The zero-order valence-corrected chi connectivity index (χ0v) is 15.3. The molecule has 0 saturated carbocycles. The van der Waals surface area contributed by atoms with Crippen LogP contribution in [0.4, 0.5) is 0 Å². The molecule has 1 unspecified atom stereocenters. The molecule has 0 radical (unpaired) electrons. The van der Waals surface area contributed by atoms with Crippen LogP contribution in [0.2, 0.25) is 0 Å². The number of benzene rings is 1. The van der Waals surface area contributed by atoms with Crippen molar-refractivity contribution in [2.24, 2.45) is 0 Å². The molecule has 0 bridgehead atoms. The van der Waals surface area contributed by atoms with Crippen molar-refractivity contribution in [1.82, 2.24) is 9.62 Å². The SMILES string of the molecule is CC(C)c1ccc(S(=O)(=O)NC2CC(=O)N(C(C)(C)C)C2)cc1. The minimum absolute atomic E-state index is 0.0136. The van der Waals surface area contributed by atoms with E-state index in [2.05, 4.69) is 18.6 Å². The van der Waals surface area contributed by atoms with Crippen LogP contribution in [-0.2, 0) is 14.8 Å². The van der Waals surface area contributed by atoms with Gasteiger partial charge in [0.15, 0.2) is 0 Å². The first kappa shape index (κ1) is 17.9. The molecule has 5 nitrogen and oxygen atoms in total. The molecule has 1 fully saturated rings. The Balaban J connectivity index is 2.12. The molecule has 1 aliphatic heterocycles. The second-order valence-electron chi connectivity index (χ2n) is 7.42. The maximum Gasteiger partial charge on any atom is 0.240 e. The summed E-state index contributed by atoms with van der Waals surface area (Å²) < 4.78 is 27.6. The lowest BCUT2D eigenvalue weighted by atomic mass is 10.0. The number of likely N-dealkylation sites (tertiary alicyclic amines) is 1. The zero-order chi connectivity index (χ0) is 17.4. The van der Waals surface area contributed by atoms with Gasteiger partial charge in [0, 0.05) is 24.5 Å². The third kappa shape index (κ3) is 4.12. The molecule has 1 aromatic carbocycles. The van der Waals surface area contributed by atoms with E-state index in [1.807, 2.05) is 32.9 Å². The second-order valence-corrected chi connectivity index (χ2v) is 9.14. The maximum absolute atomic E-state index is 12.5. The standard InChI is InChI=1S/C17H26N2O3S/c1-12(2)13-6-8-15(9-7-13)23(21,22)18-14-10-16(20)19(11-14)17(3,4)5/h6-9,12,14,18H,10-11H2,1-5H3. The van der Waals surface area contributed by atoms with E-state index >= 15 is 0 Å². The molecule has 128 valence electrons. The van der Waals surface area contributed by atoms with Crippen LogP contribution >= 0.6 is 0 Å². The normalized spacial score (nSPS) is 19.7. The van der Waals surface area contributed by atoms with Crippen LogP contribution in [-0.4, -0.2) is 37.4 Å². The lowest BCUT2D eigenvalue weighted by molar-refractivity contribution is -0.131. The monoisotopic (exact) mass is 338 g/mol. The van der Waals surface area contributed by atoms with Crippen LogP contribution in [0.15, 0.2) is 29.2 Å². The van der Waals surface area contributed by atoms with Gasteiger partial charge in [-0.3, -0.25) is 4.79 Å². The van der Waals surface area contributed by atoms with Crippen molar-refractivity contribution >= 4 is 15.9 Å². The molecule has 1 N–H and O–H groups in total. The number of amides is 1. The lowest BCUT2D eigenvalue weighted by Crippen LogP contribution is -2.44. The molecule has 1 saturated heterocycles. The predicted molar refractivity (Wildman–Crippen MR) is 90.7 cm³/mol. The minimum Gasteiger partial charge on any atom is -0.336 e. The molecular formula is C17H26N2O3S. The number of carbonyl (C=O) groups is 1. The van der Waals surface area contributed by atoms with Gasteiger partial charge in [-0.05, 0) is 44.4 Å². The van der Waals surface area contributed by atoms with Crippen LogP contribution in [0, 0.1) is 0 Å². The quantitative estimate of drug-likeness (QED) is 0.917. The van der Waals surface area contributed by atoms with Gasteiger partial charge < -0.3 is 4.90 Å². The molecule has 1 aromatic rings. The highest BCUT2D eigenvalue weighted by Gasteiger charge is 2.37. The van der Waals surface area contributed by atoms with Gasteiger partial charge in [-0.15, -0.1) is 0 Å². The Morgan fingerprint density at radius 2 is 1.74 bits per heavy atom. The first-order chi connectivity index (χ1) is 10.5. The topological polar surface area (TPSA) is 66.5 Å². The summed E-state index contributed by atoms with van der Waals surface area (Å²) in [5.41, 5.74) is 0.801. The Morgan fingerprint density at radius 1 is 1.17 bits per heavy atom. The van der Waals surface area contributed by atoms with Crippen molar-refractivity contribution in [1.29, 1.82) is 0 Å².